The maximum absolute atomic E-state index is 12.1. The van der Waals surface area contributed by atoms with Gasteiger partial charge in [-0.25, -0.2) is 4.98 Å². The molecule has 0 saturated carbocycles. The quantitative estimate of drug-likeness (QED) is 0.912. The molecule has 2 heterocycles. The smallest absolute Gasteiger partial charge is 0.266 e. The van der Waals surface area contributed by atoms with Gasteiger partial charge in [0, 0.05) is 6.20 Å². The van der Waals surface area contributed by atoms with E-state index < -0.39 is 6.10 Å². The van der Waals surface area contributed by atoms with Gasteiger partial charge in [-0.1, -0.05) is 6.07 Å². The van der Waals surface area contributed by atoms with E-state index in [1.165, 1.54) is 0 Å². The number of benzene rings is 1. The molecule has 1 atom stereocenters. The maximum atomic E-state index is 12.1. The van der Waals surface area contributed by atoms with E-state index in [0.29, 0.717) is 17.3 Å². The first kappa shape index (κ1) is 15.0. The lowest BCUT2D eigenvalue weighted by Crippen LogP contribution is -2.39. The molecule has 1 aliphatic rings. The Morgan fingerprint density at radius 1 is 1.26 bits per heavy atom. The summed E-state index contributed by atoms with van der Waals surface area (Å²) in [4.78, 5) is 28.2. The predicted molar refractivity (Wildman–Crippen MR) is 86.4 cm³/mol. The summed E-state index contributed by atoms with van der Waals surface area (Å²) >= 11 is 0. The van der Waals surface area contributed by atoms with Crippen LogP contribution in [-0.2, 0) is 9.59 Å². The maximum Gasteiger partial charge on any atom is 0.266 e. The second kappa shape index (κ2) is 6.08. The van der Waals surface area contributed by atoms with Crippen molar-refractivity contribution in [3.05, 3.63) is 47.7 Å². The average molecular weight is 311 g/mol. The molecule has 0 saturated heterocycles. The summed E-state index contributed by atoms with van der Waals surface area (Å²) < 4.78 is 5.64. The molecule has 118 valence electrons. The first-order valence-corrected chi connectivity index (χ1v) is 7.32. The molecule has 1 unspecified atom stereocenters. The highest BCUT2D eigenvalue weighted by atomic mass is 16.5. The van der Waals surface area contributed by atoms with Crippen molar-refractivity contribution in [2.45, 2.75) is 26.4 Å². The minimum atomic E-state index is -0.852. The summed E-state index contributed by atoms with van der Waals surface area (Å²) in [6.07, 6.45) is 0.692. The SMILES string of the molecule is Cc1ccnc(NC(=O)CC2Oc3ccc(C)cc3NC2=O)c1. The number of carbonyl (C=O) groups excluding carboxylic acids is 2. The van der Waals surface area contributed by atoms with Crippen LogP contribution < -0.4 is 15.4 Å². The fourth-order valence-corrected chi connectivity index (χ4v) is 2.37. The summed E-state index contributed by atoms with van der Waals surface area (Å²) in [5, 5.41) is 5.44. The van der Waals surface area contributed by atoms with Gasteiger partial charge < -0.3 is 15.4 Å². The summed E-state index contributed by atoms with van der Waals surface area (Å²) in [7, 11) is 0. The van der Waals surface area contributed by atoms with Crippen molar-refractivity contribution in [3.8, 4) is 5.75 Å². The minimum Gasteiger partial charge on any atom is -0.478 e. The zero-order chi connectivity index (χ0) is 16.4. The number of anilines is 2. The highest BCUT2D eigenvalue weighted by Gasteiger charge is 2.29. The van der Waals surface area contributed by atoms with Gasteiger partial charge in [0.15, 0.2) is 6.10 Å². The van der Waals surface area contributed by atoms with E-state index in [1.54, 1.807) is 18.3 Å². The fraction of sp³-hybridized carbons (Fsp3) is 0.235. The van der Waals surface area contributed by atoms with Gasteiger partial charge in [-0.05, 0) is 49.2 Å². The largest absolute Gasteiger partial charge is 0.478 e. The molecule has 1 aliphatic heterocycles. The number of hydrogen-bond donors (Lipinski definition) is 2. The Morgan fingerprint density at radius 2 is 2.04 bits per heavy atom. The van der Waals surface area contributed by atoms with Crippen molar-refractivity contribution in [1.29, 1.82) is 0 Å². The van der Waals surface area contributed by atoms with Gasteiger partial charge in [-0.2, -0.15) is 0 Å². The summed E-state index contributed by atoms with van der Waals surface area (Å²) in [6.45, 7) is 3.84. The number of pyridine rings is 1. The molecule has 2 N–H and O–H groups in total. The topological polar surface area (TPSA) is 80.3 Å². The zero-order valence-electron chi connectivity index (χ0n) is 12.9. The number of hydrogen-bond acceptors (Lipinski definition) is 4. The third-order valence-electron chi connectivity index (χ3n) is 3.51. The van der Waals surface area contributed by atoms with E-state index in [2.05, 4.69) is 15.6 Å². The van der Waals surface area contributed by atoms with Gasteiger partial charge in [0.2, 0.25) is 5.91 Å². The highest BCUT2D eigenvalue weighted by Crippen LogP contribution is 2.31. The van der Waals surface area contributed by atoms with Gasteiger partial charge in [-0.15, -0.1) is 0 Å². The number of fused-ring (bicyclic) bond motifs is 1. The summed E-state index contributed by atoms with van der Waals surface area (Å²) in [6, 6.07) is 9.12. The minimum absolute atomic E-state index is 0.0746. The van der Waals surface area contributed by atoms with E-state index in [9.17, 15) is 9.59 Å². The number of nitrogens with zero attached hydrogens (tertiary/aromatic N) is 1. The van der Waals surface area contributed by atoms with Gasteiger partial charge >= 0.3 is 0 Å². The Bertz CT molecular complexity index is 773. The Hall–Kier alpha value is -2.89. The van der Waals surface area contributed by atoms with Crippen LogP contribution in [0.25, 0.3) is 0 Å². The third kappa shape index (κ3) is 3.48. The molecule has 0 aliphatic carbocycles. The lowest BCUT2D eigenvalue weighted by atomic mass is 10.1. The first-order valence-electron chi connectivity index (χ1n) is 7.32. The Balaban J connectivity index is 1.67. The normalized spacial score (nSPS) is 16.1. The van der Waals surface area contributed by atoms with Crippen LogP contribution in [-0.4, -0.2) is 22.9 Å². The van der Waals surface area contributed by atoms with Gasteiger partial charge in [0.1, 0.15) is 11.6 Å². The standard InChI is InChI=1S/C17H17N3O3/c1-10-3-4-13-12(7-10)19-17(22)14(23-13)9-16(21)20-15-8-11(2)5-6-18-15/h3-8,14H,9H2,1-2H3,(H,19,22)(H,18,20,21). The molecule has 2 aromatic rings. The van der Waals surface area contributed by atoms with Gasteiger partial charge in [0.25, 0.3) is 5.91 Å². The molecular formula is C17H17N3O3. The van der Waals surface area contributed by atoms with Crippen molar-refractivity contribution in [1.82, 2.24) is 4.98 Å². The monoisotopic (exact) mass is 311 g/mol. The van der Waals surface area contributed by atoms with Crippen LogP contribution >= 0.6 is 0 Å². The average Bonchev–Trinajstić information content (AvgIpc) is 2.48. The molecule has 3 rings (SSSR count). The number of nitrogens with one attached hydrogen (secondary N) is 2. The predicted octanol–water partition coefficient (Wildman–Crippen LogP) is 2.43. The number of rotatable bonds is 3. The summed E-state index contributed by atoms with van der Waals surface area (Å²) in [5.41, 5.74) is 2.65. The van der Waals surface area contributed by atoms with E-state index in [4.69, 9.17) is 4.74 Å². The lowest BCUT2D eigenvalue weighted by molar-refractivity contribution is -0.128. The Kier molecular flexibility index (Phi) is 3.97. The number of aryl methyl sites for hydroxylation is 2. The van der Waals surface area contributed by atoms with Crippen LogP contribution in [0.5, 0.6) is 5.75 Å². The molecule has 6 nitrogen and oxygen atoms in total. The third-order valence-corrected chi connectivity index (χ3v) is 3.51. The molecular weight excluding hydrogens is 294 g/mol. The molecule has 0 spiro atoms. The highest BCUT2D eigenvalue weighted by molar-refractivity contribution is 6.01. The number of amides is 2. The van der Waals surface area contributed by atoms with E-state index >= 15 is 0 Å². The second-order valence-corrected chi connectivity index (χ2v) is 5.57. The second-order valence-electron chi connectivity index (χ2n) is 5.57. The van der Waals surface area contributed by atoms with E-state index in [1.807, 2.05) is 32.0 Å². The van der Waals surface area contributed by atoms with Crippen LogP contribution in [0.3, 0.4) is 0 Å². The molecule has 1 aromatic carbocycles. The number of carbonyl (C=O) groups is 2. The Labute approximate surface area is 133 Å². The molecule has 23 heavy (non-hydrogen) atoms. The van der Waals surface area contributed by atoms with E-state index in [-0.39, 0.29) is 18.2 Å². The van der Waals surface area contributed by atoms with Crippen LogP contribution in [0.4, 0.5) is 11.5 Å². The molecule has 0 radical (unpaired) electrons. The zero-order valence-corrected chi connectivity index (χ0v) is 12.9. The van der Waals surface area contributed by atoms with Crippen LogP contribution in [0.15, 0.2) is 36.5 Å². The molecule has 0 bridgehead atoms. The first-order chi connectivity index (χ1) is 11.0. The van der Waals surface area contributed by atoms with Gasteiger partial charge in [0.05, 0.1) is 12.1 Å². The van der Waals surface area contributed by atoms with Crippen molar-refractivity contribution >= 4 is 23.3 Å². The van der Waals surface area contributed by atoms with Crippen molar-refractivity contribution in [2.24, 2.45) is 0 Å². The van der Waals surface area contributed by atoms with E-state index in [0.717, 1.165) is 11.1 Å². The number of aromatic nitrogens is 1. The van der Waals surface area contributed by atoms with Gasteiger partial charge in [-0.3, -0.25) is 9.59 Å². The van der Waals surface area contributed by atoms with Crippen LogP contribution in [0.2, 0.25) is 0 Å². The molecule has 6 heteroatoms. The Morgan fingerprint density at radius 3 is 2.83 bits per heavy atom. The summed E-state index contributed by atoms with van der Waals surface area (Å²) in [5.74, 6) is 0.387. The van der Waals surface area contributed by atoms with Crippen LogP contribution in [0.1, 0.15) is 17.5 Å². The van der Waals surface area contributed by atoms with Crippen molar-refractivity contribution in [3.63, 3.8) is 0 Å². The molecule has 0 fully saturated rings. The molecule has 2 amide bonds. The fourth-order valence-electron chi connectivity index (χ4n) is 2.37. The lowest BCUT2D eigenvalue weighted by Gasteiger charge is -2.25. The van der Waals surface area contributed by atoms with Crippen molar-refractivity contribution < 1.29 is 14.3 Å². The van der Waals surface area contributed by atoms with Crippen molar-refractivity contribution in [2.75, 3.05) is 10.6 Å². The van der Waals surface area contributed by atoms with Crippen LogP contribution in [0, 0.1) is 13.8 Å². The molecule has 1 aromatic heterocycles. The number of ether oxygens (including phenoxy) is 1.